The van der Waals surface area contributed by atoms with Crippen molar-refractivity contribution in [2.75, 3.05) is 12.9 Å². The highest BCUT2D eigenvalue weighted by Crippen LogP contribution is 2.27. The Morgan fingerprint density at radius 2 is 2.42 bits per heavy atom. The molecule has 0 aliphatic carbocycles. The van der Waals surface area contributed by atoms with Crippen LogP contribution in [0.5, 0.6) is 0 Å². The summed E-state index contributed by atoms with van der Waals surface area (Å²) in [6, 6.07) is 4.53. The summed E-state index contributed by atoms with van der Waals surface area (Å²) in [4.78, 5) is 15.6. The monoisotopic (exact) mass is 301 g/mol. The second kappa shape index (κ2) is 6.39. The summed E-state index contributed by atoms with van der Waals surface area (Å²) in [5, 5.41) is 1.21. The van der Waals surface area contributed by atoms with Crippen LogP contribution < -0.4 is 0 Å². The maximum absolute atomic E-state index is 13.6. The van der Waals surface area contributed by atoms with E-state index in [1.165, 1.54) is 24.9 Å². The van der Waals surface area contributed by atoms with Crippen molar-refractivity contribution in [3.8, 4) is 0 Å². The highest BCUT2D eigenvalue weighted by atomic mass is 35.5. The molecule has 0 N–H and O–H groups in total. The lowest BCUT2D eigenvalue weighted by Gasteiger charge is -2.04. The van der Waals surface area contributed by atoms with Crippen molar-refractivity contribution in [3.05, 3.63) is 34.6 Å². The van der Waals surface area contributed by atoms with Gasteiger partial charge in [-0.3, -0.25) is 9.79 Å². The number of carbonyl (C=O) groups excluding carboxylic acids is 1. The number of nitrogens with zero attached hydrogens (tertiary/aromatic N) is 1. The lowest BCUT2D eigenvalue weighted by Crippen LogP contribution is -2.12. The van der Waals surface area contributed by atoms with Crippen LogP contribution in [0.15, 0.2) is 23.2 Å². The molecule has 1 aliphatic heterocycles. The number of ether oxygens (including phenoxy) is 1. The topological polar surface area (TPSA) is 38.7 Å². The minimum absolute atomic E-state index is 0.0852. The molecule has 1 unspecified atom stereocenters. The van der Waals surface area contributed by atoms with Crippen molar-refractivity contribution in [1.29, 1.82) is 0 Å². The predicted molar refractivity (Wildman–Crippen MR) is 75.4 cm³/mol. The van der Waals surface area contributed by atoms with Crippen molar-refractivity contribution in [3.63, 3.8) is 0 Å². The second-order valence-corrected chi connectivity index (χ2v) is 5.65. The fraction of sp³-hybridized carbons (Fsp3) is 0.385. The van der Waals surface area contributed by atoms with E-state index >= 15 is 0 Å². The van der Waals surface area contributed by atoms with Gasteiger partial charge in [0.05, 0.1) is 24.6 Å². The number of halogens is 2. The Labute approximate surface area is 120 Å². The molecule has 1 atom stereocenters. The van der Waals surface area contributed by atoms with E-state index in [9.17, 15) is 9.18 Å². The lowest BCUT2D eigenvalue weighted by atomic mass is 10.1. The lowest BCUT2D eigenvalue weighted by molar-refractivity contribution is -0.140. The highest BCUT2D eigenvalue weighted by molar-refractivity contribution is 8.14. The summed E-state index contributed by atoms with van der Waals surface area (Å²) in [5.74, 6) is 0.114. The summed E-state index contributed by atoms with van der Waals surface area (Å²) in [5.41, 5.74) is 0.453. The zero-order valence-corrected chi connectivity index (χ0v) is 11.9. The molecule has 1 aliphatic rings. The van der Waals surface area contributed by atoms with Gasteiger partial charge < -0.3 is 4.74 Å². The summed E-state index contributed by atoms with van der Waals surface area (Å²) in [7, 11) is 1.36. The first-order valence-corrected chi connectivity index (χ1v) is 7.15. The molecule has 0 bridgehead atoms. The van der Waals surface area contributed by atoms with Crippen LogP contribution in [-0.4, -0.2) is 29.9 Å². The van der Waals surface area contributed by atoms with Crippen molar-refractivity contribution >= 4 is 34.4 Å². The van der Waals surface area contributed by atoms with E-state index in [1.54, 1.807) is 12.1 Å². The fourth-order valence-corrected chi connectivity index (χ4v) is 3.08. The molecule has 0 saturated heterocycles. The van der Waals surface area contributed by atoms with Gasteiger partial charge in [0.1, 0.15) is 5.82 Å². The maximum atomic E-state index is 13.6. The molecule has 102 valence electrons. The van der Waals surface area contributed by atoms with E-state index in [4.69, 9.17) is 11.6 Å². The SMILES string of the molecule is COC(=O)CC1CSC(Cc2c(F)cccc2Cl)=N1. The minimum Gasteiger partial charge on any atom is -0.469 e. The van der Waals surface area contributed by atoms with Crippen molar-refractivity contribution < 1.29 is 13.9 Å². The largest absolute Gasteiger partial charge is 0.469 e. The van der Waals surface area contributed by atoms with Crippen LogP contribution in [0.25, 0.3) is 0 Å². The van der Waals surface area contributed by atoms with Crippen molar-refractivity contribution in [2.45, 2.75) is 18.9 Å². The van der Waals surface area contributed by atoms with Gasteiger partial charge in [0, 0.05) is 22.8 Å². The molecule has 0 aromatic heterocycles. The third-order valence-electron chi connectivity index (χ3n) is 2.79. The van der Waals surface area contributed by atoms with Gasteiger partial charge in [-0.2, -0.15) is 0 Å². The van der Waals surface area contributed by atoms with Crippen molar-refractivity contribution in [1.82, 2.24) is 0 Å². The molecule has 0 spiro atoms. The third kappa shape index (κ3) is 3.70. The first-order valence-electron chi connectivity index (χ1n) is 5.79. The molecule has 1 heterocycles. The van der Waals surface area contributed by atoms with Crippen LogP contribution >= 0.6 is 23.4 Å². The third-order valence-corrected chi connectivity index (χ3v) is 4.28. The van der Waals surface area contributed by atoms with E-state index in [1.807, 2.05) is 0 Å². The molecule has 0 amide bonds. The average molecular weight is 302 g/mol. The first-order chi connectivity index (χ1) is 9.10. The van der Waals surface area contributed by atoms with Gasteiger partial charge >= 0.3 is 5.97 Å². The zero-order chi connectivity index (χ0) is 13.8. The molecule has 2 rings (SSSR count). The normalized spacial score (nSPS) is 18.3. The summed E-state index contributed by atoms with van der Waals surface area (Å²) < 4.78 is 18.2. The number of aliphatic imine (C=N–C) groups is 1. The summed E-state index contributed by atoms with van der Waals surface area (Å²) >= 11 is 7.50. The number of rotatable bonds is 4. The van der Waals surface area contributed by atoms with Crippen LogP contribution in [0.3, 0.4) is 0 Å². The molecule has 19 heavy (non-hydrogen) atoms. The molecule has 1 aromatic carbocycles. The van der Waals surface area contributed by atoms with Crippen LogP contribution in [0.2, 0.25) is 5.02 Å². The van der Waals surface area contributed by atoms with Gasteiger partial charge in [-0.1, -0.05) is 17.7 Å². The van der Waals surface area contributed by atoms with E-state index in [0.717, 1.165) is 10.8 Å². The van der Waals surface area contributed by atoms with Crippen LogP contribution in [0.1, 0.15) is 12.0 Å². The maximum Gasteiger partial charge on any atom is 0.307 e. The standard InChI is InChI=1S/C13H13ClFNO2S/c1-18-13(17)5-8-7-19-12(16-8)6-9-10(14)3-2-4-11(9)15/h2-4,8H,5-7H2,1H3. The zero-order valence-electron chi connectivity index (χ0n) is 10.4. The summed E-state index contributed by atoms with van der Waals surface area (Å²) in [6.07, 6.45) is 0.631. The van der Waals surface area contributed by atoms with Crippen molar-refractivity contribution in [2.24, 2.45) is 4.99 Å². The number of esters is 1. The molecule has 0 fully saturated rings. The van der Waals surface area contributed by atoms with E-state index in [-0.39, 0.29) is 24.2 Å². The Morgan fingerprint density at radius 3 is 3.11 bits per heavy atom. The van der Waals surface area contributed by atoms with Crippen LogP contribution in [0, 0.1) is 5.82 Å². The van der Waals surface area contributed by atoms with Gasteiger partial charge in [0.25, 0.3) is 0 Å². The van der Waals surface area contributed by atoms with E-state index < -0.39 is 0 Å². The van der Waals surface area contributed by atoms with Crippen LogP contribution in [0.4, 0.5) is 4.39 Å². The average Bonchev–Trinajstić information content (AvgIpc) is 2.81. The quantitative estimate of drug-likeness (QED) is 0.802. The minimum atomic E-state index is -0.327. The number of carbonyl (C=O) groups is 1. The van der Waals surface area contributed by atoms with Gasteiger partial charge in [0.2, 0.25) is 0 Å². The molecule has 0 radical (unpaired) electrons. The predicted octanol–water partition coefficient (Wildman–Crippen LogP) is 3.10. The molecule has 1 aromatic rings. The second-order valence-electron chi connectivity index (χ2n) is 4.14. The Kier molecular flexibility index (Phi) is 4.82. The molecule has 0 saturated carbocycles. The Balaban J connectivity index is 2.04. The number of thioether (sulfide) groups is 1. The van der Waals surface area contributed by atoms with Gasteiger partial charge in [-0.25, -0.2) is 4.39 Å². The molecule has 6 heteroatoms. The number of benzene rings is 1. The highest BCUT2D eigenvalue weighted by Gasteiger charge is 2.22. The number of hydrogen-bond donors (Lipinski definition) is 0. The number of methoxy groups -OCH3 is 1. The van der Waals surface area contributed by atoms with Gasteiger partial charge in [0.15, 0.2) is 0 Å². The Hall–Kier alpha value is -1.07. The molecular weight excluding hydrogens is 289 g/mol. The van der Waals surface area contributed by atoms with Crippen LogP contribution in [-0.2, 0) is 16.0 Å². The molecular formula is C13H13ClFNO2S. The Morgan fingerprint density at radius 1 is 1.63 bits per heavy atom. The smallest absolute Gasteiger partial charge is 0.307 e. The summed E-state index contributed by atoms with van der Waals surface area (Å²) in [6.45, 7) is 0. The van der Waals surface area contributed by atoms with E-state index in [2.05, 4.69) is 9.73 Å². The van der Waals surface area contributed by atoms with E-state index in [0.29, 0.717) is 17.0 Å². The Bertz CT molecular complexity index is 501. The fourth-order valence-electron chi connectivity index (χ4n) is 1.80. The van der Waals surface area contributed by atoms with Gasteiger partial charge in [-0.05, 0) is 12.1 Å². The molecule has 3 nitrogen and oxygen atoms in total. The first kappa shape index (κ1) is 14.3. The van der Waals surface area contributed by atoms with Gasteiger partial charge in [-0.15, -0.1) is 11.8 Å². The number of hydrogen-bond acceptors (Lipinski definition) is 4.